The topological polar surface area (TPSA) is 20.2 Å². The van der Waals surface area contributed by atoms with Crippen LogP contribution in [-0.4, -0.2) is 5.11 Å². The van der Waals surface area contributed by atoms with Crippen LogP contribution in [0.5, 0.6) is 5.75 Å². The molecular weight excluding hydrogens is 199 g/mol. The van der Waals surface area contributed by atoms with Crippen molar-refractivity contribution in [3.05, 3.63) is 28.0 Å². The Labute approximate surface area is 66.6 Å². The van der Waals surface area contributed by atoms with E-state index in [4.69, 9.17) is 5.11 Å². The lowest BCUT2D eigenvalue weighted by Crippen LogP contribution is -1.82. The van der Waals surface area contributed by atoms with Gasteiger partial charge in [0, 0.05) is 5.56 Å². The second kappa shape index (κ2) is 2.58. The predicted molar refractivity (Wildman–Crippen MR) is 40.5 cm³/mol. The summed E-state index contributed by atoms with van der Waals surface area (Å²) in [5.74, 6) is -0.416. The molecule has 1 N–H and O–H groups in total. The van der Waals surface area contributed by atoms with Crippen molar-refractivity contribution in [3.63, 3.8) is 0 Å². The number of benzene rings is 1. The summed E-state index contributed by atoms with van der Waals surface area (Å²) in [6.45, 7) is 1.52. The monoisotopic (exact) mass is 204 g/mol. The van der Waals surface area contributed by atoms with Crippen molar-refractivity contribution in [1.82, 2.24) is 0 Å². The highest BCUT2D eigenvalue weighted by atomic mass is 79.9. The number of aromatic hydroxyl groups is 1. The molecule has 0 amide bonds. The molecule has 0 saturated heterocycles. The minimum Gasteiger partial charge on any atom is -0.506 e. The standard InChI is InChI=1S/C7H6BrFO/c1-4-6(9)3-2-5(8)7(4)10/h2-3,10H,1H3. The van der Waals surface area contributed by atoms with Gasteiger partial charge in [0.05, 0.1) is 4.47 Å². The first-order valence-corrected chi connectivity index (χ1v) is 3.56. The van der Waals surface area contributed by atoms with Gasteiger partial charge in [-0.25, -0.2) is 4.39 Å². The third-order valence-electron chi connectivity index (χ3n) is 1.32. The maximum Gasteiger partial charge on any atom is 0.135 e. The molecule has 1 nitrogen and oxygen atoms in total. The molecule has 0 fully saturated rings. The Morgan fingerprint density at radius 2 is 2.10 bits per heavy atom. The van der Waals surface area contributed by atoms with Crippen LogP contribution < -0.4 is 0 Å². The number of hydrogen-bond acceptors (Lipinski definition) is 1. The first kappa shape index (κ1) is 7.54. The smallest absolute Gasteiger partial charge is 0.135 e. The summed E-state index contributed by atoms with van der Waals surface area (Å²) in [6.07, 6.45) is 0. The van der Waals surface area contributed by atoms with Crippen LogP contribution in [-0.2, 0) is 0 Å². The number of phenols is 1. The Morgan fingerprint density at radius 1 is 1.50 bits per heavy atom. The molecule has 0 aliphatic rings. The Bertz CT molecular complexity index is 233. The van der Waals surface area contributed by atoms with E-state index in [-0.39, 0.29) is 17.1 Å². The highest BCUT2D eigenvalue weighted by Crippen LogP contribution is 2.28. The lowest BCUT2D eigenvalue weighted by molar-refractivity contribution is 0.459. The minimum atomic E-state index is -0.388. The molecule has 0 saturated carbocycles. The van der Waals surface area contributed by atoms with Crippen LogP contribution in [0.1, 0.15) is 5.56 Å². The molecule has 0 radical (unpaired) electrons. The minimum absolute atomic E-state index is 0.0278. The van der Waals surface area contributed by atoms with Crippen molar-refractivity contribution in [2.45, 2.75) is 6.92 Å². The Hall–Kier alpha value is -0.570. The van der Waals surface area contributed by atoms with E-state index in [0.29, 0.717) is 4.47 Å². The SMILES string of the molecule is Cc1c(F)ccc(Br)c1O. The van der Waals surface area contributed by atoms with Crippen LogP contribution >= 0.6 is 15.9 Å². The predicted octanol–water partition coefficient (Wildman–Crippen LogP) is 2.60. The molecule has 0 aromatic heterocycles. The molecule has 0 heterocycles. The van der Waals surface area contributed by atoms with Crippen LogP contribution in [0.15, 0.2) is 16.6 Å². The summed E-state index contributed by atoms with van der Waals surface area (Å²) in [5, 5.41) is 9.10. The summed E-state index contributed by atoms with van der Waals surface area (Å²) < 4.78 is 13.1. The van der Waals surface area contributed by atoms with Gasteiger partial charge in [0.1, 0.15) is 11.6 Å². The molecule has 1 aromatic rings. The van der Waals surface area contributed by atoms with Gasteiger partial charge >= 0.3 is 0 Å². The lowest BCUT2D eigenvalue weighted by atomic mass is 10.2. The number of hydrogen-bond donors (Lipinski definition) is 1. The van der Waals surface area contributed by atoms with E-state index in [1.165, 1.54) is 19.1 Å². The molecule has 0 atom stereocenters. The van der Waals surface area contributed by atoms with Crippen molar-refractivity contribution in [3.8, 4) is 5.75 Å². The third-order valence-corrected chi connectivity index (χ3v) is 1.96. The number of rotatable bonds is 0. The Morgan fingerprint density at radius 3 is 2.60 bits per heavy atom. The van der Waals surface area contributed by atoms with E-state index in [9.17, 15) is 4.39 Å². The molecular formula is C7H6BrFO. The summed E-state index contributed by atoms with van der Waals surface area (Å²) >= 11 is 3.06. The largest absolute Gasteiger partial charge is 0.506 e. The Balaban J connectivity index is 3.34. The molecule has 0 spiro atoms. The quantitative estimate of drug-likeness (QED) is 0.690. The average molecular weight is 205 g/mol. The van der Waals surface area contributed by atoms with Gasteiger partial charge in [0.2, 0.25) is 0 Å². The zero-order chi connectivity index (χ0) is 7.72. The summed E-state index contributed by atoms with van der Waals surface area (Å²) in [6, 6.07) is 2.77. The van der Waals surface area contributed by atoms with Gasteiger partial charge in [-0.15, -0.1) is 0 Å². The van der Waals surface area contributed by atoms with E-state index in [0.717, 1.165) is 0 Å². The average Bonchev–Trinajstić information content (AvgIpc) is 1.93. The van der Waals surface area contributed by atoms with E-state index in [1.807, 2.05) is 0 Å². The van der Waals surface area contributed by atoms with Crippen molar-refractivity contribution in [2.24, 2.45) is 0 Å². The molecule has 1 aromatic carbocycles. The van der Waals surface area contributed by atoms with Gasteiger partial charge < -0.3 is 5.11 Å². The fourth-order valence-corrected chi connectivity index (χ4v) is 1.07. The lowest BCUT2D eigenvalue weighted by Gasteiger charge is -2.00. The fourth-order valence-electron chi connectivity index (χ4n) is 0.642. The molecule has 0 bridgehead atoms. The van der Waals surface area contributed by atoms with Gasteiger partial charge in [0.15, 0.2) is 0 Å². The van der Waals surface area contributed by atoms with Crippen molar-refractivity contribution < 1.29 is 9.50 Å². The van der Waals surface area contributed by atoms with Gasteiger partial charge in [-0.05, 0) is 35.0 Å². The first-order valence-electron chi connectivity index (χ1n) is 2.76. The molecule has 1 rings (SSSR count). The molecule has 0 aliphatic carbocycles. The van der Waals surface area contributed by atoms with Crippen LogP contribution in [0, 0.1) is 12.7 Å². The summed E-state index contributed by atoms with van der Waals surface area (Å²) in [4.78, 5) is 0. The summed E-state index contributed by atoms with van der Waals surface area (Å²) in [5.41, 5.74) is 0.273. The van der Waals surface area contributed by atoms with Gasteiger partial charge in [-0.3, -0.25) is 0 Å². The summed E-state index contributed by atoms with van der Waals surface area (Å²) in [7, 11) is 0. The van der Waals surface area contributed by atoms with Crippen molar-refractivity contribution in [1.29, 1.82) is 0 Å². The van der Waals surface area contributed by atoms with E-state index in [2.05, 4.69) is 15.9 Å². The molecule has 54 valence electrons. The van der Waals surface area contributed by atoms with Crippen LogP contribution in [0.3, 0.4) is 0 Å². The second-order valence-corrected chi connectivity index (χ2v) is 2.86. The van der Waals surface area contributed by atoms with E-state index < -0.39 is 0 Å². The van der Waals surface area contributed by atoms with E-state index in [1.54, 1.807) is 0 Å². The van der Waals surface area contributed by atoms with Crippen molar-refractivity contribution in [2.75, 3.05) is 0 Å². The molecule has 10 heavy (non-hydrogen) atoms. The molecule has 0 aliphatic heterocycles. The van der Waals surface area contributed by atoms with Gasteiger partial charge in [-0.2, -0.15) is 0 Å². The van der Waals surface area contributed by atoms with Crippen LogP contribution in [0.2, 0.25) is 0 Å². The normalized spacial score (nSPS) is 9.90. The zero-order valence-electron chi connectivity index (χ0n) is 5.36. The third kappa shape index (κ3) is 1.14. The van der Waals surface area contributed by atoms with Crippen LogP contribution in [0.4, 0.5) is 4.39 Å². The van der Waals surface area contributed by atoms with Crippen molar-refractivity contribution >= 4 is 15.9 Å². The first-order chi connectivity index (χ1) is 4.63. The highest BCUT2D eigenvalue weighted by Gasteiger charge is 2.04. The maximum atomic E-state index is 12.6. The second-order valence-electron chi connectivity index (χ2n) is 2.00. The van der Waals surface area contributed by atoms with Gasteiger partial charge in [-0.1, -0.05) is 0 Å². The number of phenolic OH excluding ortho intramolecular Hbond substituents is 1. The van der Waals surface area contributed by atoms with Crippen LogP contribution in [0.25, 0.3) is 0 Å². The Kier molecular flexibility index (Phi) is 1.94. The zero-order valence-corrected chi connectivity index (χ0v) is 6.94. The maximum absolute atomic E-state index is 12.6. The van der Waals surface area contributed by atoms with E-state index >= 15 is 0 Å². The molecule has 3 heteroatoms. The molecule has 0 unspecified atom stereocenters. The van der Waals surface area contributed by atoms with Gasteiger partial charge in [0.25, 0.3) is 0 Å². The fraction of sp³-hybridized carbons (Fsp3) is 0.143. The number of halogens is 2. The highest BCUT2D eigenvalue weighted by molar-refractivity contribution is 9.10.